The third-order valence-electron chi connectivity index (χ3n) is 0.496. The molecule has 1 heterocycles. The van der Waals surface area contributed by atoms with E-state index in [1.165, 1.54) is 0 Å². The smallest absolute Gasteiger partial charge is 0 e. The van der Waals surface area contributed by atoms with Crippen molar-refractivity contribution in [3.8, 4) is 0 Å². The third-order valence-corrected chi connectivity index (χ3v) is 1.27. The predicted molar refractivity (Wildman–Crippen MR) is 25.9 cm³/mol. The van der Waals surface area contributed by atoms with Crippen LogP contribution in [0, 0.1) is 49.4 Å². The molecule has 0 unspecified atom stereocenters. The Labute approximate surface area is 80.0 Å². The van der Waals surface area contributed by atoms with E-state index >= 15 is 0 Å². The first-order valence-electron chi connectivity index (χ1n) is 1.58. The maximum Gasteiger partial charge on any atom is 0 e. The molecule has 0 fully saturated rings. The second-order valence-electron chi connectivity index (χ2n) is 0.885. The maximum atomic E-state index is 2.15. The van der Waals surface area contributed by atoms with Crippen LogP contribution in [-0.2, 0) is 0 Å². The van der Waals surface area contributed by atoms with Crippen molar-refractivity contribution in [2.75, 3.05) is 0 Å². The normalized spacial score (nSPS) is 6.67. The van der Waals surface area contributed by atoms with Crippen molar-refractivity contribution in [3.05, 3.63) is 23.7 Å². The van der Waals surface area contributed by atoms with Crippen molar-refractivity contribution in [3.63, 3.8) is 0 Å². The zero-order valence-corrected chi connectivity index (χ0v) is 6.61. The quantitative estimate of drug-likeness (QED) is 0.643. The molecule has 1 radical (unpaired) electrons. The van der Waals surface area contributed by atoms with E-state index in [0.717, 1.165) is 8.19 Å². The van der Waals surface area contributed by atoms with Crippen LogP contribution in [0.3, 0.4) is 0 Å². The van der Waals surface area contributed by atoms with E-state index in [9.17, 15) is 0 Å². The van der Waals surface area contributed by atoms with Gasteiger partial charge >= 0.3 is 0 Å². The van der Waals surface area contributed by atoms with E-state index in [1.807, 2.05) is 0 Å². The van der Waals surface area contributed by atoms with Gasteiger partial charge in [-0.05, 0) is 11.6 Å². The zero-order chi connectivity index (χ0) is 3.54. The van der Waals surface area contributed by atoms with Gasteiger partial charge in [0, 0.05) is 49.4 Å². The molecule has 1 rings (SSSR count). The average Bonchev–Trinajstić information content (AvgIpc) is 1.76. The number of rotatable bonds is 0. The van der Waals surface area contributed by atoms with Crippen molar-refractivity contribution in [2.24, 2.45) is 0 Å². The first-order valence-corrected chi connectivity index (χ1v) is 2.73. The Balaban J connectivity index is 0.000000250. The summed E-state index contributed by atoms with van der Waals surface area (Å²) in [5.41, 5.74) is 0. The Morgan fingerprint density at radius 2 is 1.50 bits per heavy atom. The summed E-state index contributed by atoms with van der Waals surface area (Å²) in [6, 6.07) is 4.14. The Morgan fingerprint density at radius 3 is 1.67 bits per heavy atom. The number of hydrogen-bond donors (Lipinski definition) is 0. The summed E-state index contributed by atoms with van der Waals surface area (Å²) in [4.78, 5) is 0. The van der Waals surface area contributed by atoms with Crippen molar-refractivity contribution in [1.82, 2.24) is 0 Å². The van der Waals surface area contributed by atoms with Crippen LogP contribution >= 0.6 is 8.19 Å². The molecule has 6 heavy (non-hydrogen) atoms. The van der Waals surface area contributed by atoms with Crippen LogP contribution in [0.4, 0.5) is 0 Å². The standard InChI is InChI=1S/C4H5P.Eu/c1-2-4-5-3-1;/h1-5H;. The largest absolute Gasteiger partial charge is 0.140 e. The summed E-state index contributed by atoms with van der Waals surface area (Å²) in [6.45, 7) is 0. The van der Waals surface area contributed by atoms with Crippen LogP contribution in [0.1, 0.15) is 0 Å². The Bertz CT molecular complexity index is 64.0. The van der Waals surface area contributed by atoms with E-state index in [2.05, 4.69) is 23.7 Å². The van der Waals surface area contributed by atoms with Gasteiger partial charge in [0.05, 0.1) is 0 Å². The van der Waals surface area contributed by atoms with E-state index < -0.39 is 0 Å². The fourth-order valence-corrected chi connectivity index (χ4v) is 0.833. The van der Waals surface area contributed by atoms with Crippen molar-refractivity contribution in [1.29, 1.82) is 0 Å². The second kappa shape index (κ2) is 4.52. The van der Waals surface area contributed by atoms with Gasteiger partial charge < -0.3 is 0 Å². The van der Waals surface area contributed by atoms with Crippen LogP contribution < -0.4 is 0 Å². The molecular weight excluding hydrogens is 231 g/mol. The van der Waals surface area contributed by atoms with Crippen molar-refractivity contribution < 1.29 is 49.4 Å². The van der Waals surface area contributed by atoms with Crippen LogP contribution in [0.25, 0.3) is 0 Å². The molecule has 0 amide bonds. The topological polar surface area (TPSA) is 0 Å². The molecule has 0 aromatic carbocycles. The van der Waals surface area contributed by atoms with E-state index in [4.69, 9.17) is 0 Å². The fourth-order valence-electron chi connectivity index (χ4n) is 0.278. The van der Waals surface area contributed by atoms with Crippen molar-refractivity contribution in [2.45, 2.75) is 0 Å². The van der Waals surface area contributed by atoms with Crippen LogP contribution in [0.15, 0.2) is 23.7 Å². The van der Waals surface area contributed by atoms with E-state index in [-0.39, 0.29) is 49.4 Å². The molecule has 0 bridgehead atoms. The minimum Gasteiger partial charge on any atom is -0.140 e. The van der Waals surface area contributed by atoms with Gasteiger partial charge in [-0.3, -0.25) is 0 Å². The molecule has 0 saturated carbocycles. The fraction of sp³-hybridized carbons (Fsp3) is 0. The van der Waals surface area contributed by atoms with E-state index in [0.29, 0.717) is 0 Å². The Hall–Kier alpha value is 1.36. The van der Waals surface area contributed by atoms with Gasteiger partial charge in [0.15, 0.2) is 0 Å². The summed E-state index contributed by atoms with van der Waals surface area (Å²) in [5, 5.41) is 0. The minimum atomic E-state index is 0. The van der Waals surface area contributed by atoms with Gasteiger partial charge in [-0.2, -0.15) is 0 Å². The molecule has 0 saturated heterocycles. The third kappa shape index (κ3) is 2.52. The molecule has 1 aromatic rings. The summed E-state index contributed by atoms with van der Waals surface area (Å²) in [7, 11) is 0.948. The zero-order valence-electron chi connectivity index (χ0n) is 3.19. The number of hydrogen-bond acceptors (Lipinski definition) is 0. The first kappa shape index (κ1) is 7.36. The predicted octanol–water partition coefficient (Wildman–Crippen LogP) is 1.72. The Kier molecular flexibility index (Phi) is 5.55. The van der Waals surface area contributed by atoms with Crippen LogP contribution in [0.5, 0.6) is 0 Å². The monoisotopic (exact) mass is 237 g/mol. The molecule has 0 aliphatic heterocycles. The van der Waals surface area contributed by atoms with Crippen LogP contribution in [-0.4, -0.2) is 0 Å². The van der Waals surface area contributed by atoms with Crippen molar-refractivity contribution >= 4 is 8.19 Å². The molecule has 1 aromatic heterocycles. The summed E-state index contributed by atoms with van der Waals surface area (Å²) >= 11 is 0. The van der Waals surface area contributed by atoms with Gasteiger partial charge in [0.1, 0.15) is 0 Å². The molecule has 0 N–H and O–H groups in total. The second-order valence-corrected chi connectivity index (χ2v) is 1.88. The molecule has 0 aliphatic rings. The summed E-state index contributed by atoms with van der Waals surface area (Å²) in [5.74, 6) is 4.31. The van der Waals surface area contributed by atoms with Gasteiger partial charge in [-0.25, -0.2) is 0 Å². The molecule has 0 nitrogen and oxygen atoms in total. The minimum absolute atomic E-state index is 0. The van der Waals surface area contributed by atoms with Gasteiger partial charge in [-0.15, -0.1) is 8.19 Å². The first-order chi connectivity index (χ1) is 2.50. The molecule has 0 aliphatic carbocycles. The SMILES string of the molecule is [Eu].c1cc[pH]c1. The molecule has 0 spiro atoms. The molecule has 2 heteroatoms. The summed E-state index contributed by atoms with van der Waals surface area (Å²) < 4.78 is 0. The average molecular weight is 236 g/mol. The molecular formula is C4H5EuP. The van der Waals surface area contributed by atoms with E-state index in [1.54, 1.807) is 0 Å². The van der Waals surface area contributed by atoms with Gasteiger partial charge in [0.25, 0.3) is 0 Å². The van der Waals surface area contributed by atoms with Gasteiger partial charge in [-0.1, -0.05) is 12.1 Å². The van der Waals surface area contributed by atoms with Crippen LogP contribution in [0.2, 0.25) is 0 Å². The van der Waals surface area contributed by atoms with Gasteiger partial charge in [0.2, 0.25) is 0 Å². The Morgan fingerprint density at radius 1 is 1.00 bits per heavy atom. The molecule has 33 valence electrons. The maximum absolute atomic E-state index is 2.15. The molecule has 0 atom stereocenters. The summed E-state index contributed by atoms with van der Waals surface area (Å²) in [6.07, 6.45) is 0.